The Labute approximate surface area is 106 Å². The average Bonchev–Trinajstić information content (AvgIpc) is 2.21. The summed E-state index contributed by atoms with van der Waals surface area (Å²) < 4.78 is 5.56. The van der Waals surface area contributed by atoms with E-state index < -0.39 is 11.4 Å². The highest BCUT2D eigenvalue weighted by Crippen LogP contribution is 2.24. The second-order valence-electron chi connectivity index (χ2n) is 4.70. The van der Waals surface area contributed by atoms with Crippen LogP contribution in [0.3, 0.4) is 0 Å². The number of hydrogen-bond donors (Lipinski definition) is 1. The molecule has 1 rings (SSSR count). The second kappa shape index (κ2) is 5.41. The van der Waals surface area contributed by atoms with Crippen molar-refractivity contribution in [2.75, 3.05) is 6.61 Å². The van der Waals surface area contributed by atoms with Gasteiger partial charge in [0.05, 0.1) is 12.0 Å². The third kappa shape index (κ3) is 3.93. The smallest absolute Gasteiger partial charge is 0.309 e. The first-order valence-electron chi connectivity index (χ1n) is 5.45. The van der Waals surface area contributed by atoms with Gasteiger partial charge in [-0.2, -0.15) is 0 Å². The molecule has 3 nitrogen and oxygen atoms in total. The van der Waals surface area contributed by atoms with Gasteiger partial charge in [-0.15, -0.1) is 0 Å². The van der Waals surface area contributed by atoms with E-state index in [1.54, 1.807) is 26.0 Å². The minimum atomic E-state index is -0.811. The normalized spacial score (nSPS) is 11.3. The lowest BCUT2D eigenvalue weighted by Gasteiger charge is -2.19. The predicted octanol–water partition coefficient (Wildman–Crippen LogP) is 3.53. The van der Waals surface area contributed by atoms with Crippen LogP contribution in [0.4, 0.5) is 0 Å². The van der Waals surface area contributed by atoms with E-state index in [1.165, 1.54) is 0 Å². The number of carboxylic acids is 1. The van der Waals surface area contributed by atoms with E-state index in [4.69, 9.17) is 21.4 Å². The number of ether oxygens (including phenoxy) is 1. The van der Waals surface area contributed by atoms with Crippen LogP contribution in [-0.4, -0.2) is 17.7 Å². The zero-order chi connectivity index (χ0) is 13.1. The molecular weight excluding hydrogens is 240 g/mol. The first kappa shape index (κ1) is 13.8. The highest BCUT2D eigenvalue weighted by molar-refractivity contribution is 6.30. The summed E-state index contributed by atoms with van der Waals surface area (Å²) in [6.45, 7) is 5.66. The number of rotatable bonds is 5. The van der Waals surface area contributed by atoms with Gasteiger partial charge in [-0.05, 0) is 51.0 Å². The Hall–Kier alpha value is -1.22. The third-order valence-electron chi connectivity index (χ3n) is 2.70. The van der Waals surface area contributed by atoms with Gasteiger partial charge in [0.15, 0.2) is 0 Å². The molecule has 0 unspecified atom stereocenters. The topological polar surface area (TPSA) is 46.5 Å². The van der Waals surface area contributed by atoms with Gasteiger partial charge in [-0.25, -0.2) is 0 Å². The molecule has 1 N–H and O–H groups in total. The summed E-state index contributed by atoms with van der Waals surface area (Å²) in [4.78, 5) is 10.9. The molecule has 0 radical (unpaired) electrons. The van der Waals surface area contributed by atoms with Gasteiger partial charge in [-0.1, -0.05) is 11.6 Å². The Balaban J connectivity index is 2.54. The molecule has 0 amide bonds. The maximum atomic E-state index is 10.9. The fourth-order valence-electron chi connectivity index (χ4n) is 1.30. The maximum Gasteiger partial charge on any atom is 0.309 e. The fourth-order valence-corrected chi connectivity index (χ4v) is 1.52. The lowest BCUT2D eigenvalue weighted by atomic mass is 9.90. The lowest BCUT2D eigenvalue weighted by Crippen LogP contribution is -2.25. The molecule has 0 saturated carbocycles. The molecule has 94 valence electrons. The highest BCUT2D eigenvalue weighted by atomic mass is 35.5. The summed E-state index contributed by atoms with van der Waals surface area (Å²) in [7, 11) is 0. The zero-order valence-corrected chi connectivity index (χ0v) is 11.0. The molecule has 1 aromatic carbocycles. The summed E-state index contributed by atoms with van der Waals surface area (Å²) in [5.41, 5.74) is 0.186. The van der Waals surface area contributed by atoms with Crippen LogP contribution < -0.4 is 4.74 Å². The van der Waals surface area contributed by atoms with Crippen molar-refractivity contribution in [3.8, 4) is 5.75 Å². The van der Waals surface area contributed by atoms with Gasteiger partial charge in [-0.3, -0.25) is 4.79 Å². The van der Waals surface area contributed by atoms with Crippen LogP contribution in [0, 0.1) is 12.3 Å². The minimum absolute atomic E-state index is 0.377. The van der Waals surface area contributed by atoms with Crippen LogP contribution in [0.2, 0.25) is 5.02 Å². The van der Waals surface area contributed by atoms with Crippen LogP contribution in [0.1, 0.15) is 25.8 Å². The Kier molecular flexibility index (Phi) is 4.40. The SMILES string of the molecule is Cc1cc(Cl)ccc1OCCC(C)(C)C(=O)O. The number of benzene rings is 1. The first-order valence-corrected chi connectivity index (χ1v) is 5.83. The van der Waals surface area contributed by atoms with Gasteiger partial charge in [0.1, 0.15) is 5.75 Å². The van der Waals surface area contributed by atoms with E-state index in [9.17, 15) is 4.79 Å². The maximum absolute atomic E-state index is 10.9. The Morgan fingerprint density at radius 2 is 2.12 bits per heavy atom. The number of aliphatic carboxylic acids is 1. The summed E-state index contributed by atoms with van der Waals surface area (Å²) in [5.74, 6) is -0.0653. The van der Waals surface area contributed by atoms with Crippen molar-refractivity contribution < 1.29 is 14.6 Å². The second-order valence-corrected chi connectivity index (χ2v) is 5.13. The largest absolute Gasteiger partial charge is 0.493 e. The third-order valence-corrected chi connectivity index (χ3v) is 2.94. The molecule has 17 heavy (non-hydrogen) atoms. The van der Waals surface area contributed by atoms with E-state index in [0.717, 1.165) is 11.3 Å². The molecule has 0 atom stereocenters. The Bertz CT molecular complexity index is 413. The Morgan fingerprint density at radius 3 is 2.65 bits per heavy atom. The van der Waals surface area contributed by atoms with E-state index in [1.807, 2.05) is 13.0 Å². The molecule has 0 spiro atoms. The van der Waals surface area contributed by atoms with Gasteiger partial charge >= 0.3 is 5.97 Å². The van der Waals surface area contributed by atoms with Crippen LogP contribution in [0.15, 0.2) is 18.2 Å². The number of halogens is 1. The minimum Gasteiger partial charge on any atom is -0.493 e. The Morgan fingerprint density at radius 1 is 1.47 bits per heavy atom. The quantitative estimate of drug-likeness (QED) is 0.877. The van der Waals surface area contributed by atoms with Gasteiger partial charge in [0.25, 0.3) is 0 Å². The van der Waals surface area contributed by atoms with Crippen molar-refractivity contribution in [1.29, 1.82) is 0 Å². The molecule has 4 heteroatoms. The van der Waals surface area contributed by atoms with Gasteiger partial charge in [0.2, 0.25) is 0 Å². The number of carboxylic acid groups (broad SMARTS) is 1. The molecule has 0 aliphatic heterocycles. The summed E-state index contributed by atoms with van der Waals surface area (Å²) in [6, 6.07) is 5.37. The molecule has 0 aliphatic rings. The van der Waals surface area contributed by atoms with E-state index in [-0.39, 0.29) is 0 Å². The van der Waals surface area contributed by atoms with E-state index in [0.29, 0.717) is 18.1 Å². The highest BCUT2D eigenvalue weighted by Gasteiger charge is 2.26. The van der Waals surface area contributed by atoms with Crippen molar-refractivity contribution in [3.63, 3.8) is 0 Å². The van der Waals surface area contributed by atoms with Crippen molar-refractivity contribution >= 4 is 17.6 Å². The van der Waals surface area contributed by atoms with Crippen LogP contribution in [0.25, 0.3) is 0 Å². The van der Waals surface area contributed by atoms with Crippen molar-refractivity contribution in [1.82, 2.24) is 0 Å². The number of carbonyl (C=O) groups is 1. The van der Waals surface area contributed by atoms with E-state index in [2.05, 4.69) is 0 Å². The van der Waals surface area contributed by atoms with Crippen molar-refractivity contribution in [3.05, 3.63) is 28.8 Å². The van der Waals surface area contributed by atoms with Crippen molar-refractivity contribution in [2.45, 2.75) is 27.2 Å². The fraction of sp³-hybridized carbons (Fsp3) is 0.462. The standard InChI is InChI=1S/C13H17ClO3/c1-9-8-10(14)4-5-11(9)17-7-6-13(2,3)12(15)16/h4-5,8H,6-7H2,1-3H3,(H,15,16). The summed E-state index contributed by atoms with van der Waals surface area (Å²) in [6.07, 6.45) is 0.463. The van der Waals surface area contributed by atoms with Crippen LogP contribution in [-0.2, 0) is 4.79 Å². The summed E-state index contributed by atoms with van der Waals surface area (Å²) in [5, 5.41) is 9.62. The summed E-state index contributed by atoms with van der Waals surface area (Å²) >= 11 is 5.83. The van der Waals surface area contributed by atoms with Crippen molar-refractivity contribution in [2.24, 2.45) is 5.41 Å². The number of hydrogen-bond acceptors (Lipinski definition) is 2. The molecule has 0 heterocycles. The molecule has 0 bridgehead atoms. The average molecular weight is 257 g/mol. The molecule has 0 aromatic heterocycles. The first-order chi connectivity index (χ1) is 7.83. The molecular formula is C13H17ClO3. The zero-order valence-electron chi connectivity index (χ0n) is 10.3. The molecule has 0 saturated heterocycles. The molecule has 0 fully saturated rings. The lowest BCUT2D eigenvalue weighted by molar-refractivity contribution is -0.147. The molecule has 1 aromatic rings. The number of aryl methyl sites for hydroxylation is 1. The van der Waals surface area contributed by atoms with Crippen LogP contribution >= 0.6 is 11.6 Å². The van der Waals surface area contributed by atoms with Crippen LogP contribution in [0.5, 0.6) is 5.75 Å². The predicted molar refractivity (Wildman–Crippen MR) is 67.7 cm³/mol. The van der Waals surface area contributed by atoms with Gasteiger partial charge in [0, 0.05) is 5.02 Å². The monoisotopic (exact) mass is 256 g/mol. The molecule has 0 aliphatic carbocycles. The van der Waals surface area contributed by atoms with Gasteiger partial charge < -0.3 is 9.84 Å². The van der Waals surface area contributed by atoms with E-state index >= 15 is 0 Å².